The first kappa shape index (κ1) is 18.9. The molecule has 140 valence electrons. The zero-order valence-electron chi connectivity index (χ0n) is 15.8. The summed E-state index contributed by atoms with van der Waals surface area (Å²) in [5.41, 5.74) is 2.26. The van der Waals surface area contributed by atoms with Gasteiger partial charge >= 0.3 is 0 Å². The van der Waals surface area contributed by atoms with Gasteiger partial charge in [-0.2, -0.15) is 5.10 Å². The molecule has 2 heterocycles. The molecule has 1 aliphatic rings. The van der Waals surface area contributed by atoms with Gasteiger partial charge < -0.3 is 10.2 Å². The summed E-state index contributed by atoms with van der Waals surface area (Å²) in [6.07, 6.45) is 3.82. The molecule has 1 aromatic carbocycles. The first-order valence-electron chi connectivity index (χ1n) is 9.31. The average Bonchev–Trinajstić information content (AvgIpc) is 2.64. The standard InChI is InChI=1S/C20H28ClN5/c1-15(2)23-19-18(21)13-22-24-20(19)25(3)17-9-11-26(12-10-17)14-16-7-5-4-6-8-16/h4-8,13,15,17H,9-12,14H2,1-3H3,(H,22,23). The lowest BCUT2D eigenvalue weighted by Gasteiger charge is -2.37. The number of aromatic nitrogens is 2. The summed E-state index contributed by atoms with van der Waals surface area (Å²) >= 11 is 6.37. The highest BCUT2D eigenvalue weighted by molar-refractivity contribution is 6.33. The molecular weight excluding hydrogens is 346 g/mol. The number of halogens is 1. The minimum Gasteiger partial charge on any atom is -0.379 e. The van der Waals surface area contributed by atoms with Crippen LogP contribution in [-0.2, 0) is 6.54 Å². The summed E-state index contributed by atoms with van der Waals surface area (Å²) in [4.78, 5) is 4.76. The van der Waals surface area contributed by atoms with Gasteiger partial charge in [0.15, 0.2) is 5.82 Å². The predicted octanol–water partition coefficient (Wildman–Crippen LogP) is 4.05. The lowest BCUT2D eigenvalue weighted by atomic mass is 10.0. The number of piperidine rings is 1. The highest BCUT2D eigenvalue weighted by atomic mass is 35.5. The quantitative estimate of drug-likeness (QED) is 0.827. The third-order valence-corrected chi connectivity index (χ3v) is 5.19. The van der Waals surface area contributed by atoms with Crippen molar-refractivity contribution >= 4 is 23.1 Å². The largest absolute Gasteiger partial charge is 0.379 e. The van der Waals surface area contributed by atoms with Gasteiger partial charge in [-0.1, -0.05) is 41.9 Å². The number of hydrogen-bond donors (Lipinski definition) is 1. The van der Waals surface area contributed by atoms with Gasteiger partial charge in [-0.05, 0) is 32.3 Å². The smallest absolute Gasteiger partial charge is 0.176 e. The fourth-order valence-electron chi connectivity index (χ4n) is 3.50. The van der Waals surface area contributed by atoms with Crippen LogP contribution >= 0.6 is 11.6 Å². The first-order valence-corrected chi connectivity index (χ1v) is 9.69. The Morgan fingerprint density at radius 3 is 2.58 bits per heavy atom. The van der Waals surface area contributed by atoms with Crippen LogP contribution in [0.3, 0.4) is 0 Å². The maximum atomic E-state index is 6.37. The van der Waals surface area contributed by atoms with Crippen LogP contribution in [0.15, 0.2) is 36.5 Å². The molecule has 0 amide bonds. The Morgan fingerprint density at radius 1 is 1.23 bits per heavy atom. The van der Waals surface area contributed by atoms with Crippen molar-refractivity contribution in [3.8, 4) is 0 Å². The normalized spacial score (nSPS) is 16.0. The van der Waals surface area contributed by atoms with Crippen molar-refractivity contribution in [2.75, 3.05) is 30.4 Å². The van der Waals surface area contributed by atoms with E-state index in [0.29, 0.717) is 11.1 Å². The van der Waals surface area contributed by atoms with Crippen LogP contribution in [-0.4, -0.2) is 47.3 Å². The minimum absolute atomic E-state index is 0.288. The number of nitrogens with zero attached hydrogens (tertiary/aromatic N) is 4. The molecule has 1 N–H and O–H groups in total. The summed E-state index contributed by atoms with van der Waals surface area (Å²) in [6, 6.07) is 11.4. The zero-order chi connectivity index (χ0) is 18.5. The van der Waals surface area contributed by atoms with Crippen molar-refractivity contribution in [2.45, 2.75) is 45.3 Å². The molecule has 0 saturated carbocycles. The van der Waals surface area contributed by atoms with E-state index >= 15 is 0 Å². The summed E-state index contributed by atoms with van der Waals surface area (Å²) in [5.74, 6) is 0.840. The highest BCUT2D eigenvalue weighted by Crippen LogP contribution is 2.32. The number of benzene rings is 1. The Morgan fingerprint density at radius 2 is 1.92 bits per heavy atom. The molecule has 1 saturated heterocycles. The van der Waals surface area contributed by atoms with Gasteiger partial charge in [0, 0.05) is 38.8 Å². The lowest BCUT2D eigenvalue weighted by Crippen LogP contribution is -2.43. The van der Waals surface area contributed by atoms with Gasteiger partial charge in [0.2, 0.25) is 0 Å². The van der Waals surface area contributed by atoms with E-state index in [1.54, 1.807) is 6.20 Å². The predicted molar refractivity (Wildman–Crippen MR) is 109 cm³/mol. The van der Waals surface area contributed by atoms with E-state index in [1.165, 1.54) is 5.56 Å². The number of hydrogen-bond acceptors (Lipinski definition) is 5. The van der Waals surface area contributed by atoms with Gasteiger partial charge in [-0.15, -0.1) is 5.10 Å². The van der Waals surface area contributed by atoms with Gasteiger partial charge in [-0.3, -0.25) is 4.90 Å². The van der Waals surface area contributed by atoms with Gasteiger partial charge in [0.1, 0.15) is 0 Å². The molecule has 0 aliphatic carbocycles. The van der Waals surface area contributed by atoms with Gasteiger partial charge in [-0.25, -0.2) is 0 Å². The SMILES string of the molecule is CC(C)Nc1c(Cl)cnnc1N(C)C1CCN(Cc2ccccc2)CC1. The third kappa shape index (κ3) is 4.65. The second-order valence-corrected chi connectivity index (χ2v) is 7.70. The van der Waals surface area contributed by atoms with Crippen LogP contribution in [0.25, 0.3) is 0 Å². The molecule has 0 spiro atoms. The van der Waals surface area contributed by atoms with E-state index in [1.807, 2.05) is 0 Å². The fraction of sp³-hybridized carbons (Fsp3) is 0.500. The van der Waals surface area contributed by atoms with Crippen molar-refractivity contribution in [1.82, 2.24) is 15.1 Å². The van der Waals surface area contributed by atoms with Crippen molar-refractivity contribution < 1.29 is 0 Å². The molecule has 5 nitrogen and oxygen atoms in total. The number of anilines is 2. The lowest BCUT2D eigenvalue weighted by molar-refractivity contribution is 0.203. The van der Waals surface area contributed by atoms with Crippen LogP contribution in [0.1, 0.15) is 32.3 Å². The molecule has 3 rings (SSSR count). The highest BCUT2D eigenvalue weighted by Gasteiger charge is 2.26. The number of likely N-dealkylation sites (tertiary alicyclic amines) is 1. The monoisotopic (exact) mass is 373 g/mol. The van der Waals surface area contributed by atoms with E-state index in [-0.39, 0.29) is 6.04 Å². The Hall–Kier alpha value is -1.85. The number of rotatable bonds is 6. The Balaban J connectivity index is 1.63. The van der Waals surface area contributed by atoms with Crippen LogP contribution in [0.2, 0.25) is 5.02 Å². The zero-order valence-corrected chi connectivity index (χ0v) is 16.6. The van der Waals surface area contributed by atoms with Crippen LogP contribution < -0.4 is 10.2 Å². The van der Waals surface area contributed by atoms with Crippen molar-refractivity contribution in [3.63, 3.8) is 0 Å². The second-order valence-electron chi connectivity index (χ2n) is 7.29. The summed E-state index contributed by atoms with van der Waals surface area (Å²) in [5, 5.41) is 12.5. The minimum atomic E-state index is 0.288. The molecule has 6 heteroatoms. The third-order valence-electron chi connectivity index (χ3n) is 4.91. The van der Waals surface area contributed by atoms with Crippen molar-refractivity contribution in [2.24, 2.45) is 0 Å². The maximum absolute atomic E-state index is 6.37. The summed E-state index contributed by atoms with van der Waals surface area (Å²) in [7, 11) is 2.10. The van der Waals surface area contributed by atoms with E-state index in [4.69, 9.17) is 11.6 Å². The van der Waals surface area contributed by atoms with Crippen LogP contribution in [0.4, 0.5) is 11.5 Å². The maximum Gasteiger partial charge on any atom is 0.176 e. The molecule has 1 fully saturated rings. The van der Waals surface area contributed by atoms with E-state index in [0.717, 1.165) is 44.0 Å². The number of nitrogens with one attached hydrogen (secondary N) is 1. The Labute approximate surface area is 161 Å². The van der Waals surface area contributed by atoms with Crippen molar-refractivity contribution in [1.29, 1.82) is 0 Å². The summed E-state index contributed by atoms with van der Waals surface area (Å²) < 4.78 is 0. The van der Waals surface area contributed by atoms with E-state index in [2.05, 4.69) is 76.5 Å². The molecule has 0 radical (unpaired) electrons. The summed E-state index contributed by atoms with van der Waals surface area (Å²) in [6.45, 7) is 7.40. The molecule has 1 aliphatic heterocycles. The molecule has 26 heavy (non-hydrogen) atoms. The first-order chi connectivity index (χ1) is 12.5. The Bertz CT molecular complexity index is 699. The molecule has 1 aromatic heterocycles. The fourth-order valence-corrected chi connectivity index (χ4v) is 3.69. The second kappa shape index (κ2) is 8.69. The van der Waals surface area contributed by atoms with Crippen molar-refractivity contribution in [3.05, 3.63) is 47.1 Å². The van der Waals surface area contributed by atoms with E-state index < -0.39 is 0 Å². The Kier molecular flexibility index (Phi) is 6.33. The molecule has 0 bridgehead atoms. The molecule has 0 unspecified atom stereocenters. The van der Waals surface area contributed by atoms with Gasteiger partial charge in [0.05, 0.1) is 16.9 Å². The molecule has 2 aromatic rings. The van der Waals surface area contributed by atoms with Gasteiger partial charge in [0.25, 0.3) is 0 Å². The van der Waals surface area contributed by atoms with Crippen LogP contribution in [0, 0.1) is 0 Å². The molecular formula is C20H28ClN5. The molecule has 0 atom stereocenters. The van der Waals surface area contributed by atoms with E-state index in [9.17, 15) is 0 Å². The topological polar surface area (TPSA) is 44.3 Å². The van der Waals surface area contributed by atoms with Crippen LogP contribution in [0.5, 0.6) is 0 Å². The average molecular weight is 374 g/mol.